The van der Waals surface area contributed by atoms with Crippen LogP contribution in [0.25, 0.3) is 0 Å². The molecule has 0 saturated carbocycles. The summed E-state index contributed by atoms with van der Waals surface area (Å²) in [4.78, 5) is 20.8. The fourth-order valence-corrected chi connectivity index (χ4v) is 0.684. The van der Waals surface area contributed by atoms with Crippen LogP contribution in [-0.4, -0.2) is 24.8 Å². The molecule has 0 bridgehead atoms. The van der Waals surface area contributed by atoms with Crippen molar-refractivity contribution in [2.45, 2.75) is 25.8 Å². The minimum absolute atomic E-state index is 0.186. The number of amides is 1. The molecule has 4 heteroatoms. The topological polar surface area (TPSA) is 72.2 Å². The van der Waals surface area contributed by atoms with E-state index in [9.17, 15) is 9.59 Å². The number of hydrogen-bond donors (Lipinski definition) is 2. The zero-order valence-electron chi connectivity index (χ0n) is 6.67. The molecule has 0 aliphatic rings. The average Bonchev–Trinajstić information content (AvgIpc) is 2.00. The number of carbonyl (C=O) groups excluding carboxylic acids is 2. The Bertz CT molecular complexity index is 136. The van der Waals surface area contributed by atoms with Crippen molar-refractivity contribution >= 4 is 12.2 Å². The Hall–Kier alpha value is -0.900. The van der Waals surface area contributed by atoms with Gasteiger partial charge >= 0.3 is 0 Å². The highest BCUT2D eigenvalue weighted by Gasteiger charge is 2.10. The largest absolute Gasteiger partial charge is 0.355 e. The molecule has 0 aromatic carbocycles. The van der Waals surface area contributed by atoms with Crippen molar-refractivity contribution in [1.29, 1.82) is 0 Å². The monoisotopic (exact) mass is 158 g/mol. The van der Waals surface area contributed by atoms with E-state index in [4.69, 9.17) is 5.73 Å². The first kappa shape index (κ1) is 10.1. The Morgan fingerprint density at radius 2 is 2.36 bits per heavy atom. The van der Waals surface area contributed by atoms with Crippen molar-refractivity contribution < 1.29 is 9.59 Å². The average molecular weight is 158 g/mol. The molecular weight excluding hydrogens is 144 g/mol. The lowest BCUT2D eigenvalue weighted by atomic mass is 10.1. The minimum Gasteiger partial charge on any atom is -0.355 e. The van der Waals surface area contributed by atoms with E-state index in [-0.39, 0.29) is 5.91 Å². The summed E-state index contributed by atoms with van der Waals surface area (Å²) < 4.78 is 0. The van der Waals surface area contributed by atoms with Gasteiger partial charge in [-0.05, 0) is 13.3 Å². The molecule has 4 nitrogen and oxygen atoms in total. The van der Waals surface area contributed by atoms with E-state index in [0.717, 1.165) is 6.29 Å². The molecule has 0 aromatic heterocycles. The van der Waals surface area contributed by atoms with Gasteiger partial charge in [-0.15, -0.1) is 0 Å². The third-order valence-electron chi connectivity index (χ3n) is 1.28. The molecule has 1 atom stereocenters. The first-order valence-electron chi connectivity index (χ1n) is 3.69. The number of hydrogen-bond acceptors (Lipinski definition) is 3. The van der Waals surface area contributed by atoms with Crippen molar-refractivity contribution in [3.8, 4) is 0 Å². The van der Waals surface area contributed by atoms with Gasteiger partial charge in [-0.2, -0.15) is 0 Å². The summed E-state index contributed by atoms with van der Waals surface area (Å²) in [6.45, 7) is 2.40. The van der Waals surface area contributed by atoms with Gasteiger partial charge in [0.05, 0.1) is 6.04 Å². The van der Waals surface area contributed by atoms with Crippen LogP contribution >= 0.6 is 0 Å². The summed E-state index contributed by atoms with van der Waals surface area (Å²) in [5.74, 6) is -0.186. The maximum Gasteiger partial charge on any atom is 0.236 e. The zero-order valence-corrected chi connectivity index (χ0v) is 6.67. The van der Waals surface area contributed by atoms with Gasteiger partial charge in [0.15, 0.2) is 0 Å². The fourth-order valence-electron chi connectivity index (χ4n) is 0.684. The first-order chi connectivity index (χ1) is 5.22. The summed E-state index contributed by atoms with van der Waals surface area (Å²) in [6, 6.07) is -0.542. The van der Waals surface area contributed by atoms with Gasteiger partial charge in [-0.3, -0.25) is 4.79 Å². The van der Waals surface area contributed by atoms with Gasteiger partial charge in [0.2, 0.25) is 5.91 Å². The van der Waals surface area contributed by atoms with Crippen LogP contribution in [0.3, 0.4) is 0 Å². The molecule has 1 amide bonds. The Morgan fingerprint density at radius 1 is 1.73 bits per heavy atom. The standard InChI is InChI=1S/C7H14N2O2/c1-2-9-7(11)6(8)4-3-5-10/h5-6H,2-4,8H2,1H3,(H,9,11)/t6-/m0/s1. The van der Waals surface area contributed by atoms with E-state index >= 15 is 0 Å². The lowest BCUT2D eigenvalue weighted by Crippen LogP contribution is -2.40. The highest BCUT2D eigenvalue weighted by Crippen LogP contribution is 1.90. The summed E-state index contributed by atoms with van der Waals surface area (Å²) >= 11 is 0. The lowest BCUT2D eigenvalue weighted by molar-refractivity contribution is -0.122. The predicted molar refractivity (Wildman–Crippen MR) is 42.0 cm³/mol. The zero-order chi connectivity index (χ0) is 8.69. The van der Waals surface area contributed by atoms with E-state index in [1.54, 1.807) is 0 Å². The van der Waals surface area contributed by atoms with Crippen LogP contribution in [0.1, 0.15) is 19.8 Å². The molecule has 0 aromatic rings. The summed E-state index contributed by atoms with van der Waals surface area (Å²) in [6.07, 6.45) is 1.53. The van der Waals surface area contributed by atoms with E-state index in [0.29, 0.717) is 19.4 Å². The number of nitrogens with one attached hydrogen (secondary N) is 1. The second-order valence-corrected chi connectivity index (χ2v) is 2.25. The SMILES string of the molecule is CCNC(=O)[C@@H](N)CCC=O. The molecule has 0 aliphatic heterocycles. The quantitative estimate of drug-likeness (QED) is 0.526. The summed E-state index contributed by atoms with van der Waals surface area (Å²) in [7, 11) is 0. The van der Waals surface area contributed by atoms with E-state index in [1.165, 1.54) is 0 Å². The number of nitrogens with two attached hydrogens (primary N) is 1. The van der Waals surface area contributed by atoms with E-state index in [2.05, 4.69) is 5.32 Å². The van der Waals surface area contributed by atoms with Crippen molar-refractivity contribution in [2.75, 3.05) is 6.54 Å². The second kappa shape index (κ2) is 5.85. The van der Waals surface area contributed by atoms with Crippen LogP contribution in [0.2, 0.25) is 0 Å². The maximum atomic E-state index is 10.9. The summed E-state index contributed by atoms with van der Waals surface area (Å²) in [5.41, 5.74) is 5.42. The molecule has 0 radical (unpaired) electrons. The van der Waals surface area contributed by atoms with Crippen LogP contribution in [0.5, 0.6) is 0 Å². The third kappa shape index (κ3) is 4.50. The van der Waals surface area contributed by atoms with E-state index in [1.807, 2.05) is 6.92 Å². The van der Waals surface area contributed by atoms with Gasteiger partial charge in [-0.25, -0.2) is 0 Å². The first-order valence-corrected chi connectivity index (χ1v) is 3.69. The summed E-state index contributed by atoms with van der Waals surface area (Å²) in [5, 5.41) is 2.57. The van der Waals surface area contributed by atoms with Crippen molar-refractivity contribution in [2.24, 2.45) is 5.73 Å². The van der Waals surface area contributed by atoms with Crippen LogP contribution < -0.4 is 11.1 Å². The van der Waals surface area contributed by atoms with Gasteiger partial charge < -0.3 is 15.8 Å². The van der Waals surface area contributed by atoms with Crippen LogP contribution in [0, 0.1) is 0 Å². The predicted octanol–water partition coefficient (Wildman–Crippen LogP) is -0.571. The van der Waals surface area contributed by atoms with Gasteiger partial charge in [0, 0.05) is 13.0 Å². The molecule has 0 fully saturated rings. The minimum atomic E-state index is -0.542. The molecule has 0 rings (SSSR count). The Balaban J connectivity index is 3.54. The molecule has 0 saturated heterocycles. The second-order valence-electron chi connectivity index (χ2n) is 2.25. The molecule has 0 heterocycles. The highest BCUT2D eigenvalue weighted by molar-refractivity contribution is 5.81. The van der Waals surface area contributed by atoms with Crippen LogP contribution in [0.4, 0.5) is 0 Å². The number of likely N-dealkylation sites (N-methyl/N-ethyl adjacent to an activating group) is 1. The van der Waals surface area contributed by atoms with Gasteiger partial charge in [0.25, 0.3) is 0 Å². The number of aldehydes is 1. The Morgan fingerprint density at radius 3 is 2.82 bits per heavy atom. The van der Waals surface area contributed by atoms with Crippen LogP contribution in [-0.2, 0) is 9.59 Å². The smallest absolute Gasteiger partial charge is 0.236 e. The maximum absolute atomic E-state index is 10.9. The van der Waals surface area contributed by atoms with E-state index < -0.39 is 6.04 Å². The van der Waals surface area contributed by atoms with Gasteiger partial charge in [-0.1, -0.05) is 0 Å². The fraction of sp³-hybridized carbons (Fsp3) is 0.714. The highest BCUT2D eigenvalue weighted by atomic mass is 16.2. The molecule has 64 valence electrons. The van der Waals surface area contributed by atoms with Crippen molar-refractivity contribution in [3.05, 3.63) is 0 Å². The lowest BCUT2D eigenvalue weighted by Gasteiger charge is -2.08. The van der Waals surface area contributed by atoms with Crippen molar-refractivity contribution in [3.63, 3.8) is 0 Å². The van der Waals surface area contributed by atoms with Gasteiger partial charge in [0.1, 0.15) is 6.29 Å². The number of rotatable bonds is 5. The normalized spacial score (nSPS) is 12.2. The Labute approximate surface area is 66.1 Å². The third-order valence-corrected chi connectivity index (χ3v) is 1.28. The molecule has 0 spiro atoms. The molecule has 3 N–H and O–H groups in total. The number of carbonyl (C=O) groups is 2. The molecule has 11 heavy (non-hydrogen) atoms. The Kier molecular flexibility index (Phi) is 5.37. The van der Waals surface area contributed by atoms with Crippen LogP contribution in [0.15, 0.2) is 0 Å². The van der Waals surface area contributed by atoms with Crippen molar-refractivity contribution in [1.82, 2.24) is 5.32 Å². The molecular formula is C7H14N2O2. The molecule has 0 unspecified atom stereocenters. The molecule has 0 aliphatic carbocycles.